The summed E-state index contributed by atoms with van der Waals surface area (Å²) in [5.74, 6) is 1.12. The van der Waals surface area contributed by atoms with Crippen LogP contribution in [0.15, 0.2) is 24.3 Å². The van der Waals surface area contributed by atoms with Crippen LogP contribution in [0.3, 0.4) is 0 Å². The van der Waals surface area contributed by atoms with Gasteiger partial charge in [-0.15, -0.1) is 0 Å². The van der Waals surface area contributed by atoms with Gasteiger partial charge in [0.15, 0.2) is 17.6 Å². The summed E-state index contributed by atoms with van der Waals surface area (Å²) in [7, 11) is 4.97. The van der Waals surface area contributed by atoms with Crippen LogP contribution in [-0.2, 0) is 4.79 Å². The van der Waals surface area contributed by atoms with Crippen LogP contribution in [0.5, 0.6) is 11.5 Å². The van der Waals surface area contributed by atoms with E-state index in [2.05, 4.69) is 0 Å². The zero-order chi connectivity index (χ0) is 12.1. The molecule has 1 atom stereocenters. The molecule has 0 aliphatic heterocycles. The van der Waals surface area contributed by atoms with Crippen molar-refractivity contribution < 1.29 is 14.3 Å². The molecule has 0 radical (unpaired) electrons. The average Bonchev–Trinajstić information content (AvgIpc) is 2.28. The summed E-state index contributed by atoms with van der Waals surface area (Å²) in [5.41, 5.74) is 0. The second-order valence-corrected chi connectivity index (χ2v) is 3.64. The summed E-state index contributed by atoms with van der Waals surface area (Å²) in [5, 5.41) is 0. The van der Waals surface area contributed by atoms with Crippen LogP contribution in [0.4, 0.5) is 0 Å². The maximum absolute atomic E-state index is 11.6. The number of nitrogens with zero attached hydrogens (tertiary/aromatic N) is 1. The molecule has 0 aliphatic rings. The molecule has 1 amide bonds. The number of benzene rings is 1. The van der Waals surface area contributed by atoms with Crippen LogP contribution in [-0.4, -0.2) is 38.1 Å². The number of para-hydroxylation sites is 2. The first kappa shape index (κ1) is 12.4. The first-order chi connectivity index (χ1) is 7.56. The predicted molar refractivity (Wildman–Crippen MR) is 61.8 cm³/mol. The van der Waals surface area contributed by atoms with Crippen LogP contribution in [0.25, 0.3) is 0 Å². The van der Waals surface area contributed by atoms with Gasteiger partial charge in [0.2, 0.25) is 0 Å². The standard InChI is InChI=1S/C12H17NO3/c1-9(12(14)13(2)3)16-11-8-6-5-7-10(11)15-4/h5-9H,1-4H3. The number of ether oxygens (including phenoxy) is 2. The van der Waals surface area contributed by atoms with E-state index in [1.807, 2.05) is 12.1 Å². The molecule has 0 heterocycles. The fourth-order valence-corrected chi connectivity index (χ4v) is 1.32. The Balaban J connectivity index is 2.76. The van der Waals surface area contributed by atoms with Gasteiger partial charge in [-0.1, -0.05) is 12.1 Å². The third-order valence-electron chi connectivity index (χ3n) is 2.16. The molecule has 4 heteroatoms. The monoisotopic (exact) mass is 223 g/mol. The molecular weight excluding hydrogens is 206 g/mol. The van der Waals surface area contributed by atoms with Gasteiger partial charge in [0.25, 0.3) is 5.91 Å². The lowest BCUT2D eigenvalue weighted by molar-refractivity contribution is -0.135. The van der Waals surface area contributed by atoms with Crippen molar-refractivity contribution in [2.24, 2.45) is 0 Å². The molecule has 0 spiro atoms. The van der Waals surface area contributed by atoms with Crippen molar-refractivity contribution in [1.82, 2.24) is 4.90 Å². The van der Waals surface area contributed by atoms with Gasteiger partial charge in [-0.3, -0.25) is 4.79 Å². The smallest absolute Gasteiger partial charge is 0.262 e. The maximum atomic E-state index is 11.6. The Morgan fingerprint density at radius 1 is 1.25 bits per heavy atom. The number of methoxy groups -OCH3 is 1. The highest BCUT2D eigenvalue weighted by atomic mass is 16.5. The Hall–Kier alpha value is -1.71. The summed E-state index contributed by atoms with van der Waals surface area (Å²) < 4.78 is 10.7. The highest BCUT2D eigenvalue weighted by molar-refractivity contribution is 5.80. The van der Waals surface area contributed by atoms with Crippen molar-refractivity contribution in [3.63, 3.8) is 0 Å². The third kappa shape index (κ3) is 2.89. The lowest BCUT2D eigenvalue weighted by Crippen LogP contribution is -2.35. The Morgan fingerprint density at radius 3 is 2.31 bits per heavy atom. The molecule has 1 rings (SSSR count). The van der Waals surface area contributed by atoms with Gasteiger partial charge in [0.1, 0.15) is 0 Å². The van der Waals surface area contributed by atoms with Crippen LogP contribution < -0.4 is 9.47 Å². The Morgan fingerprint density at radius 2 is 1.81 bits per heavy atom. The van der Waals surface area contributed by atoms with Gasteiger partial charge in [0, 0.05) is 14.1 Å². The number of hydrogen-bond acceptors (Lipinski definition) is 3. The molecule has 0 N–H and O–H groups in total. The van der Waals surface area contributed by atoms with Crippen LogP contribution in [0.2, 0.25) is 0 Å². The minimum atomic E-state index is -0.522. The number of likely N-dealkylation sites (N-methyl/N-ethyl adjacent to an activating group) is 1. The Bertz CT molecular complexity index is 363. The quantitative estimate of drug-likeness (QED) is 0.777. The lowest BCUT2D eigenvalue weighted by Gasteiger charge is -2.19. The molecule has 0 aliphatic carbocycles. The highest BCUT2D eigenvalue weighted by Crippen LogP contribution is 2.26. The van der Waals surface area contributed by atoms with Crippen LogP contribution in [0, 0.1) is 0 Å². The van der Waals surface area contributed by atoms with Crippen molar-refractivity contribution in [3.05, 3.63) is 24.3 Å². The van der Waals surface area contributed by atoms with Gasteiger partial charge < -0.3 is 14.4 Å². The molecule has 0 saturated carbocycles. The van der Waals surface area contributed by atoms with E-state index < -0.39 is 6.10 Å². The van der Waals surface area contributed by atoms with Gasteiger partial charge in [-0.25, -0.2) is 0 Å². The fourth-order valence-electron chi connectivity index (χ4n) is 1.32. The normalized spacial score (nSPS) is 11.8. The van der Waals surface area contributed by atoms with Gasteiger partial charge in [0.05, 0.1) is 7.11 Å². The molecule has 1 aromatic carbocycles. The molecule has 0 bridgehead atoms. The van der Waals surface area contributed by atoms with Crippen molar-refractivity contribution in [2.75, 3.05) is 21.2 Å². The predicted octanol–water partition coefficient (Wildman–Crippen LogP) is 1.55. The first-order valence-electron chi connectivity index (χ1n) is 5.07. The van der Waals surface area contributed by atoms with E-state index in [0.717, 1.165) is 0 Å². The van der Waals surface area contributed by atoms with E-state index in [1.54, 1.807) is 40.3 Å². The van der Waals surface area contributed by atoms with Gasteiger partial charge in [-0.2, -0.15) is 0 Å². The molecule has 1 unspecified atom stereocenters. The van der Waals surface area contributed by atoms with Crippen molar-refractivity contribution in [1.29, 1.82) is 0 Å². The zero-order valence-corrected chi connectivity index (χ0v) is 10.1. The first-order valence-corrected chi connectivity index (χ1v) is 5.07. The minimum Gasteiger partial charge on any atom is -0.493 e. The van der Waals surface area contributed by atoms with Gasteiger partial charge >= 0.3 is 0 Å². The topological polar surface area (TPSA) is 38.8 Å². The molecule has 88 valence electrons. The third-order valence-corrected chi connectivity index (χ3v) is 2.16. The molecule has 0 saturated heterocycles. The average molecular weight is 223 g/mol. The van der Waals surface area contributed by atoms with E-state index in [-0.39, 0.29) is 5.91 Å². The molecule has 0 aromatic heterocycles. The van der Waals surface area contributed by atoms with Crippen molar-refractivity contribution >= 4 is 5.91 Å². The van der Waals surface area contributed by atoms with Gasteiger partial charge in [-0.05, 0) is 19.1 Å². The summed E-state index contributed by atoms with van der Waals surface area (Å²) in [4.78, 5) is 13.1. The second kappa shape index (κ2) is 5.39. The molecule has 4 nitrogen and oxygen atoms in total. The number of carbonyl (C=O) groups is 1. The van der Waals surface area contributed by atoms with E-state index in [9.17, 15) is 4.79 Å². The number of amides is 1. The minimum absolute atomic E-state index is 0.0779. The van der Waals surface area contributed by atoms with E-state index >= 15 is 0 Å². The summed E-state index contributed by atoms with van der Waals surface area (Å²) in [6.07, 6.45) is -0.522. The van der Waals surface area contributed by atoms with E-state index in [1.165, 1.54) is 4.90 Å². The number of rotatable bonds is 4. The zero-order valence-electron chi connectivity index (χ0n) is 10.1. The summed E-state index contributed by atoms with van der Waals surface area (Å²) >= 11 is 0. The van der Waals surface area contributed by atoms with E-state index in [4.69, 9.17) is 9.47 Å². The van der Waals surface area contributed by atoms with Crippen molar-refractivity contribution in [3.8, 4) is 11.5 Å². The number of hydrogen-bond donors (Lipinski definition) is 0. The second-order valence-electron chi connectivity index (χ2n) is 3.64. The Labute approximate surface area is 95.8 Å². The molecule has 16 heavy (non-hydrogen) atoms. The molecular formula is C12H17NO3. The SMILES string of the molecule is COc1ccccc1OC(C)C(=O)N(C)C. The summed E-state index contributed by atoms with van der Waals surface area (Å²) in [6, 6.07) is 7.26. The maximum Gasteiger partial charge on any atom is 0.262 e. The van der Waals surface area contributed by atoms with Crippen LogP contribution >= 0.6 is 0 Å². The fraction of sp³-hybridized carbons (Fsp3) is 0.417. The van der Waals surface area contributed by atoms with Crippen molar-refractivity contribution in [2.45, 2.75) is 13.0 Å². The largest absolute Gasteiger partial charge is 0.493 e. The molecule has 0 fully saturated rings. The molecule has 1 aromatic rings. The van der Waals surface area contributed by atoms with E-state index in [0.29, 0.717) is 11.5 Å². The summed E-state index contributed by atoms with van der Waals surface area (Å²) in [6.45, 7) is 1.72. The highest BCUT2D eigenvalue weighted by Gasteiger charge is 2.17. The number of carbonyl (C=O) groups excluding carboxylic acids is 1. The Kier molecular flexibility index (Phi) is 4.17. The lowest BCUT2D eigenvalue weighted by atomic mass is 10.3. The van der Waals surface area contributed by atoms with Crippen LogP contribution in [0.1, 0.15) is 6.92 Å².